The summed E-state index contributed by atoms with van der Waals surface area (Å²) in [7, 11) is 0. The van der Waals surface area contributed by atoms with Crippen molar-refractivity contribution >= 4 is 40.5 Å². The maximum absolute atomic E-state index is 6.45. The Hall–Kier alpha value is -1.56. The van der Waals surface area contributed by atoms with Crippen molar-refractivity contribution in [2.75, 3.05) is 29.4 Å². The zero-order chi connectivity index (χ0) is 18.4. The van der Waals surface area contributed by atoms with Gasteiger partial charge >= 0.3 is 0 Å². The van der Waals surface area contributed by atoms with E-state index in [1.165, 1.54) is 5.56 Å². The molecule has 0 spiro atoms. The summed E-state index contributed by atoms with van der Waals surface area (Å²) in [5.41, 5.74) is 2.12. The van der Waals surface area contributed by atoms with E-state index in [1.807, 2.05) is 19.1 Å². The highest BCUT2D eigenvalue weighted by molar-refractivity contribution is 6.36. The van der Waals surface area contributed by atoms with E-state index < -0.39 is 0 Å². The second-order valence-corrected chi connectivity index (χ2v) is 7.90. The van der Waals surface area contributed by atoms with Gasteiger partial charge in [-0.05, 0) is 45.4 Å². The van der Waals surface area contributed by atoms with Crippen molar-refractivity contribution < 1.29 is 4.74 Å². The summed E-state index contributed by atoms with van der Waals surface area (Å²) in [6, 6.07) is 5.59. The number of aryl methyl sites for hydroxylation is 1. The number of ether oxygens (including phenoxy) is 1. The minimum Gasteiger partial charge on any atom is -0.372 e. The lowest BCUT2D eigenvalue weighted by molar-refractivity contribution is -0.00551. The Morgan fingerprint density at radius 3 is 2.46 bits per heavy atom. The average Bonchev–Trinajstić information content (AvgIpc) is 2.96. The van der Waals surface area contributed by atoms with Crippen LogP contribution in [0.3, 0.4) is 0 Å². The topological polar surface area (TPSA) is 41.5 Å². The van der Waals surface area contributed by atoms with Crippen molar-refractivity contribution in [2.45, 2.75) is 39.4 Å². The highest BCUT2D eigenvalue weighted by Gasteiger charge is 2.32. The Bertz CT molecular complexity index is 835. The van der Waals surface area contributed by atoms with Crippen molar-refractivity contribution in [3.63, 3.8) is 0 Å². The number of fused-ring (bicyclic) bond motifs is 1. The van der Waals surface area contributed by atoms with Crippen molar-refractivity contribution in [1.29, 1.82) is 0 Å². The third-order valence-electron chi connectivity index (χ3n) is 4.84. The molecule has 0 radical (unpaired) electrons. The molecule has 4 rings (SSSR count). The second kappa shape index (κ2) is 6.87. The minimum absolute atomic E-state index is 0.188. The highest BCUT2D eigenvalue weighted by Crippen LogP contribution is 2.41. The third kappa shape index (κ3) is 3.24. The summed E-state index contributed by atoms with van der Waals surface area (Å²) in [6.07, 6.45) is 1.27. The fraction of sp³-hybridized carbons (Fsp3) is 0.474. The first-order chi connectivity index (χ1) is 12.4. The van der Waals surface area contributed by atoms with Gasteiger partial charge in [-0.1, -0.05) is 23.2 Å². The van der Waals surface area contributed by atoms with Gasteiger partial charge in [-0.15, -0.1) is 0 Å². The molecule has 1 fully saturated rings. The summed E-state index contributed by atoms with van der Waals surface area (Å²) < 4.78 is 5.88. The molecule has 138 valence electrons. The van der Waals surface area contributed by atoms with Gasteiger partial charge in [-0.25, -0.2) is 9.97 Å². The van der Waals surface area contributed by atoms with Crippen LogP contribution in [0.5, 0.6) is 0 Å². The summed E-state index contributed by atoms with van der Waals surface area (Å²) in [5, 5.41) is 1.27. The SMILES string of the molecule is Cc1nc(N2CC(C)OC(C)C2)c2c(n1)N(c1ccc(Cl)cc1Cl)CC2. The van der Waals surface area contributed by atoms with Gasteiger partial charge in [0.1, 0.15) is 17.5 Å². The number of morpholine rings is 1. The van der Waals surface area contributed by atoms with Crippen LogP contribution < -0.4 is 9.80 Å². The molecule has 5 nitrogen and oxygen atoms in total. The Kier molecular flexibility index (Phi) is 4.71. The van der Waals surface area contributed by atoms with E-state index in [0.29, 0.717) is 10.0 Å². The minimum atomic E-state index is 0.188. The lowest BCUT2D eigenvalue weighted by Crippen LogP contribution is -2.46. The summed E-state index contributed by atoms with van der Waals surface area (Å²) in [5.74, 6) is 2.74. The number of rotatable bonds is 2. The molecule has 7 heteroatoms. The molecule has 1 aromatic carbocycles. The predicted molar refractivity (Wildman–Crippen MR) is 106 cm³/mol. The summed E-state index contributed by atoms with van der Waals surface area (Å²) >= 11 is 12.5. The summed E-state index contributed by atoms with van der Waals surface area (Å²) in [6.45, 7) is 8.67. The van der Waals surface area contributed by atoms with Gasteiger partial charge in [0.05, 0.1) is 22.9 Å². The van der Waals surface area contributed by atoms with E-state index in [1.54, 1.807) is 6.07 Å². The van der Waals surface area contributed by atoms with Gasteiger partial charge in [-0.3, -0.25) is 0 Å². The zero-order valence-corrected chi connectivity index (χ0v) is 16.7. The molecule has 2 aliphatic heterocycles. The third-order valence-corrected chi connectivity index (χ3v) is 5.37. The number of halogens is 2. The Balaban J connectivity index is 1.75. The van der Waals surface area contributed by atoms with Gasteiger partial charge in [-0.2, -0.15) is 0 Å². The van der Waals surface area contributed by atoms with Crippen LogP contribution in [0.1, 0.15) is 25.2 Å². The molecule has 0 saturated carbocycles. The maximum atomic E-state index is 6.45. The number of anilines is 3. The number of hydrogen-bond donors (Lipinski definition) is 0. The van der Waals surface area contributed by atoms with E-state index >= 15 is 0 Å². The molecule has 2 atom stereocenters. The lowest BCUT2D eigenvalue weighted by Gasteiger charge is -2.37. The quantitative estimate of drug-likeness (QED) is 0.757. The molecule has 0 N–H and O–H groups in total. The van der Waals surface area contributed by atoms with Crippen molar-refractivity contribution in [3.05, 3.63) is 39.6 Å². The van der Waals surface area contributed by atoms with Crippen LogP contribution in [0.25, 0.3) is 0 Å². The lowest BCUT2D eigenvalue weighted by atomic mass is 10.1. The molecule has 26 heavy (non-hydrogen) atoms. The number of benzene rings is 1. The van der Waals surface area contributed by atoms with Crippen molar-refractivity contribution in [2.24, 2.45) is 0 Å². The van der Waals surface area contributed by atoms with Gasteiger partial charge < -0.3 is 14.5 Å². The van der Waals surface area contributed by atoms with E-state index in [-0.39, 0.29) is 12.2 Å². The smallest absolute Gasteiger partial charge is 0.142 e. The molecule has 2 unspecified atom stereocenters. The molecule has 0 bridgehead atoms. The average molecular weight is 393 g/mol. The van der Waals surface area contributed by atoms with E-state index in [4.69, 9.17) is 37.9 Å². The Morgan fingerprint density at radius 2 is 1.77 bits per heavy atom. The van der Waals surface area contributed by atoms with Crippen molar-refractivity contribution in [3.8, 4) is 0 Å². The first-order valence-electron chi connectivity index (χ1n) is 8.93. The maximum Gasteiger partial charge on any atom is 0.142 e. The zero-order valence-electron chi connectivity index (χ0n) is 15.2. The first-order valence-corrected chi connectivity index (χ1v) is 9.68. The van der Waals surface area contributed by atoms with Crippen LogP contribution in [0.15, 0.2) is 18.2 Å². The van der Waals surface area contributed by atoms with Crippen LogP contribution >= 0.6 is 23.2 Å². The van der Waals surface area contributed by atoms with Gasteiger partial charge in [0.25, 0.3) is 0 Å². The fourth-order valence-corrected chi connectivity index (χ4v) is 4.40. The Labute approximate surface area is 163 Å². The fourth-order valence-electron chi connectivity index (χ4n) is 3.89. The Morgan fingerprint density at radius 1 is 1.08 bits per heavy atom. The van der Waals surface area contributed by atoms with Crippen LogP contribution in [-0.2, 0) is 11.2 Å². The van der Waals surface area contributed by atoms with Gasteiger partial charge in [0, 0.05) is 30.2 Å². The van der Waals surface area contributed by atoms with Crippen LogP contribution in [0, 0.1) is 6.92 Å². The summed E-state index contributed by atoms with van der Waals surface area (Å²) in [4.78, 5) is 14.0. The molecular weight excluding hydrogens is 371 g/mol. The molecule has 1 aromatic heterocycles. The van der Waals surface area contributed by atoms with Crippen LogP contribution in [-0.4, -0.2) is 41.8 Å². The van der Waals surface area contributed by atoms with Gasteiger partial charge in [0.15, 0.2) is 0 Å². The molecule has 3 heterocycles. The number of aromatic nitrogens is 2. The molecular formula is C19H22Cl2N4O. The highest BCUT2D eigenvalue weighted by atomic mass is 35.5. The van der Waals surface area contributed by atoms with E-state index in [2.05, 4.69) is 23.6 Å². The number of hydrogen-bond acceptors (Lipinski definition) is 5. The molecule has 2 aromatic rings. The van der Waals surface area contributed by atoms with E-state index in [9.17, 15) is 0 Å². The molecule has 0 amide bonds. The van der Waals surface area contributed by atoms with E-state index in [0.717, 1.165) is 49.2 Å². The van der Waals surface area contributed by atoms with Crippen LogP contribution in [0.2, 0.25) is 10.0 Å². The monoisotopic (exact) mass is 392 g/mol. The normalized spacial score (nSPS) is 22.7. The first kappa shape index (κ1) is 17.8. The largest absolute Gasteiger partial charge is 0.372 e. The number of nitrogens with zero attached hydrogens (tertiary/aromatic N) is 4. The van der Waals surface area contributed by atoms with Crippen molar-refractivity contribution in [1.82, 2.24) is 9.97 Å². The predicted octanol–water partition coefficient (Wildman–Crippen LogP) is 4.40. The molecule has 1 saturated heterocycles. The standard InChI is InChI=1S/C19H22Cl2N4O/c1-11-9-24(10-12(2)26-11)18-15-6-7-25(19(15)23-13(3)22-18)17-5-4-14(20)8-16(17)21/h4-5,8,11-12H,6-7,9-10H2,1-3H3. The van der Waals surface area contributed by atoms with Crippen LogP contribution in [0.4, 0.5) is 17.3 Å². The second-order valence-electron chi connectivity index (χ2n) is 7.06. The molecule has 2 aliphatic rings. The van der Waals surface area contributed by atoms with Gasteiger partial charge in [0.2, 0.25) is 0 Å². The molecule has 0 aliphatic carbocycles.